The molecule has 0 aliphatic rings. The third kappa shape index (κ3) is 5.39. The van der Waals surface area contributed by atoms with Crippen molar-refractivity contribution in [1.82, 2.24) is 23.1 Å². The molecule has 67 heavy (non-hydrogen) atoms. The highest BCUT2D eigenvalue weighted by molar-refractivity contribution is 7.19. The van der Waals surface area contributed by atoms with Crippen molar-refractivity contribution >= 4 is 100 Å². The van der Waals surface area contributed by atoms with E-state index >= 15 is 0 Å². The fourth-order valence-electron chi connectivity index (χ4n) is 11.3. The van der Waals surface area contributed by atoms with Crippen LogP contribution in [-0.4, -0.2) is 31.2 Å². The Morgan fingerprint density at radius 3 is 1.31 bits per heavy atom. The first-order chi connectivity index (χ1) is 33.3. The Kier molecular flexibility index (Phi) is 8.23. The van der Waals surface area contributed by atoms with Gasteiger partial charge in [0.1, 0.15) is 0 Å². The van der Waals surface area contributed by atoms with E-state index in [1.165, 1.54) is 53.3 Å². The summed E-state index contributed by atoms with van der Waals surface area (Å²) in [5.74, 6) is 0.901. The maximum absolute atomic E-state index is 5.23. The van der Waals surface area contributed by atoms with Gasteiger partial charge in [-0.15, -0.1) is 0 Å². The van der Waals surface area contributed by atoms with Crippen molar-refractivity contribution in [3.8, 4) is 17.1 Å². The van der Waals surface area contributed by atoms with E-state index in [4.69, 9.17) is 4.98 Å². The van der Waals surface area contributed by atoms with Gasteiger partial charge in [-0.1, -0.05) is 176 Å². The number of rotatable bonds is 7. The molecule has 0 unspecified atom stereocenters. The van der Waals surface area contributed by atoms with E-state index in [-0.39, 0.29) is 0 Å². The van der Waals surface area contributed by atoms with E-state index in [9.17, 15) is 0 Å². The highest BCUT2D eigenvalue weighted by Crippen LogP contribution is 2.40. The Hall–Kier alpha value is -8.71. The summed E-state index contributed by atoms with van der Waals surface area (Å²) in [7, 11) is -2.92. The fourth-order valence-corrected chi connectivity index (χ4v) is 16.1. The Morgan fingerprint density at radius 2 is 0.731 bits per heavy atom. The molecule has 0 fully saturated rings. The van der Waals surface area contributed by atoms with E-state index in [0.717, 1.165) is 55.9 Å². The summed E-state index contributed by atoms with van der Waals surface area (Å²) in [5.41, 5.74) is 12.3. The molecule has 10 aromatic carbocycles. The van der Waals surface area contributed by atoms with Gasteiger partial charge in [-0.25, -0.2) is 4.98 Å². The fraction of sp³-hybridized carbons (Fsp3) is 0. The van der Waals surface area contributed by atoms with Crippen molar-refractivity contribution in [2.75, 3.05) is 0 Å². The Bertz CT molecular complexity index is 4070. The minimum absolute atomic E-state index is 0.901. The highest BCUT2D eigenvalue weighted by Gasteiger charge is 2.42. The van der Waals surface area contributed by atoms with Gasteiger partial charge in [-0.05, 0) is 93.5 Å². The lowest BCUT2D eigenvalue weighted by molar-refractivity contribution is 1.09. The van der Waals surface area contributed by atoms with Crippen LogP contribution in [0.4, 0.5) is 0 Å². The van der Waals surface area contributed by atoms with E-state index < -0.39 is 8.07 Å². The third-order valence-electron chi connectivity index (χ3n) is 14.1. The molecule has 0 spiro atoms. The molecule has 314 valence electrons. The smallest absolute Gasteiger partial charge is 0.220 e. The van der Waals surface area contributed by atoms with Crippen LogP contribution in [-0.2, 0) is 0 Å². The third-order valence-corrected chi connectivity index (χ3v) is 18.9. The predicted molar refractivity (Wildman–Crippen MR) is 282 cm³/mol. The zero-order valence-corrected chi connectivity index (χ0v) is 37.4. The van der Waals surface area contributed by atoms with Crippen molar-refractivity contribution in [3.05, 3.63) is 249 Å². The van der Waals surface area contributed by atoms with Gasteiger partial charge < -0.3 is 9.13 Å². The summed E-state index contributed by atoms with van der Waals surface area (Å²) < 4.78 is 9.63. The lowest BCUT2D eigenvalue weighted by Crippen LogP contribution is -2.74. The van der Waals surface area contributed by atoms with Gasteiger partial charge in [0.15, 0.2) is 8.07 Å². The van der Waals surface area contributed by atoms with Crippen LogP contribution in [0.15, 0.2) is 249 Å². The van der Waals surface area contributed by atoms with Crippen molar-refractivity contribution < 1.29 is 0 Å². The van der Waals surface area contributed by atoms with Crippen molar-refractivity contribution in [2.24, 2.45) is 0 Å². The molecule has 0 aliphatic carbocycles. The summed E-state index contributed by atoms with van der Waals surface area (Å²) in [6.45, 7) is 0. The van der Waals surface area contributed by atoms with Gasteiger partial charge in [-0.2, -0.15) is 0 Å². The molecule has 0 saturated heterocycles. The molecule has 0 N–H and O–H groups in total. The van der Waals surface area contributed by atoms with Gasteiger partial charge in [0.25, 0.3) is 0 Å². The average molecular weight is 872 g/mol. The number of fused-ring (bicyclic) bond motifs is 11. The molecule has 5 nitrogen and oxygen atoms in total. The maximum Gasteiger partial charge on any atom is 0.220 e. The first-order valence-corrected chi connectivity index (χ1v) is 25.0. The SMILES string of the molecule is c1ccc([Si](c2ccccc2)(c2ccccc2)c2ccc(-n3c4ccccc4c4cc(-n5c6ccccc6n6c7ccccc7nc56)ccc43)c(-n3c4ccccc4c4ccccc43)c2)cc1. The van der Waals surface area contributed by atoms with E-state index in [2.05, 4.69) is 267 Å². The Labute approximate surface area is 387 Å². The molecule has 0 aliphatic heterocycles. The van der Waals surface area contributed by atoms with Crippen molar-refractivity contribution in [3.63, 3.8) is 0 Å². The van der Waals surface area contributed by atoms with Crippen molar-refractivity contribution in [1.29, 1.82) is 0 Å². The van der Waals surface area contributed by atoms with Crippen LogP contribution in [0.5, 0.6) is 0 Å². The van der Waals surface area contributed by atoms with Gasteiger partial charge in [0, 0.05) is 27.2 Å². The van der Waals surface area contributed by atoms with Crippen molar-refractivity contribution in [2.45, 2.75) is 0 Å². The molecule has 0 radical (unpaired) electrons. The summed E-state index contributed by atoms with van der Waals surface area (Å²) in [6, 6.07) is 91.7. The average Bonchev–Trinajstić information content (AvgIpc) is 4.13. The molecule has 0 amide bonds. The summed E-state index contributed by atoms with van der Waals surface area (Å²) >= 11 is 0. The minimum atomic E-state index is -2.92. The standard InChI is InChI=1S/C61H41N5Si/c1-4-20-43(21-5-1)67(44-22-6-2-7-23-44,45-24-8-3-9-25-45)46-37-39-59(60(41-46)65-52-30-14-10-26-47(52)48-27-11-15-31-53(48)65)64-54-32-16-12-28-49(54)50-40-42(36-38-55(50)64)63-57-34-18-19-35-58(57)66-56-33-17-13-29-51(56)62-61(63)66/h1-41H. The monoisotopic (exact) mass is 871 g/mol. The normalized spacial score (nSPS) is 12.2. The quantitative estimate of drug-likeness (QED) is 0.116. The van der Waals surface area contributed by atoms with E-state index in [1.54, 1.807) is 0 Å². The number of imidazole rings is 2. The van der Waals surface area contributed by atoms with Crippen LogP contribution in [0.2, 0.25) is 0 Å². The number of hydrogen-bond donors (Lipinski definition) is 0. The highest BCUT2D eigenvalue weighted by atomic mass is 28.3. The maximum atomic E-state index is 5.23. The van der Waals surface area contributed by atoms with Crippen LogP contribution < -0.4 is 20.7 Å². The number of hydrogen-bond acceptors (Lipinski definition) is 1. The Morgan fingerprint density at radius 1 is 0.284 bits per heavy atom. The van der Waals surface area contributed by atoms with Gasteiger partial charge >= 0.3 is 0 Å². The molecule has 6 heteroatoms. The molecule has 0 saturated carbocycles. The number of para-hydroxylation sites is 7. The molecule has 4 aromatic heterocycles. The topological polar surface area (TPSA) is 32.1 Å². The number of nitrogens with zero attached hydrogens (tertiary/aromatic N) is 5. The van der Waals surface area contributed by atoms with Gasteiger partial charge in [0.2, 0.25) is 5.78 Å². The second-order valence-electron chi connectivity index (χ2n) is 17.5. The molecule has 0 atom stereocenters. The lowest BCUT2D eigenvalue weighted by Gasteiger charge is -2.35. The largest absolute Gasteiger partial charge is 0.307 e. The molecule has 14 aromatic rings. The second kappa shape index (κ2) is 14.7. The molecular weight excluding hydrogens is 831 g/mol. The van der Waals surface area contributed by atoms with Crippen LogP contribution in [0.3, 0.4) is 0 Å². The van der Waals surface area contributed by atoms with Crippen LogP contribution in [0, 0.1) is 0 Å². The lowest BCUT2D eigenvalue weighted by atomic mass is 10.1. The van der Waals surface area contributed by atoms with Gasteiger partial charge in [-0.3, -0.25) is 8.97 Å². The van der Waals surface area contributed by atoms with Crippen LogP contribution in [0.25, 0.3) is 88.5 Å². The summed E-state index contributed by atoms with van der Waals surface area (Å²) in [6.07, 6.45) is 0. The molecule has 0 bridgehead atoms. The van der Waals surface area contributed by atoms with Gasteiger partial charge in [0.05, 0.1) is 55.5 Å². The zero-order chi connectivity index (χ0) is 44.1. The molecule has 4 heterocycles. The molecule has 14 rings (SSSR count). The summed E-state index contributed by atoms with van der Waals surface area (Å²) in [4.78, 5) is 5.23. The zero-order valence-electron chi connectivity index (χ0n) is 36.4. The first-order valence-electron chi connectivity index (χ1n) is 23.0. The minimum Gasteiger partial charge on any atom is -0.307 e. The van der Waals surface area contributed by atoms with E-state index in [0.29, 0.717) is 0 Å². The Balaban J connectivity index is 1.09. The predicted octanol–water partition coefficient (Wildman–Crippen LogP) is 12.0. The first kappa shape index (κ1) is 37.6. The molecular formula is C61H41N5Si. The van der Waals surface area contributed by atoms with Crippen LogP contribution >= 0.6 is 0 Å². The summed E-state index contributed by atoms with van der Waals surface area (Å²) in [5, 5.41) is 10.2. The van der Waals surface area contributed by atoms with E-state index in [1.807, 2.05) is 0 Å². The second-order valence-corrected chi connectivity index (χ2v) is 21.3. The van der Waals surface area contributed by atoms with Crippen LogP contribution in [0.1, 0.15) is 0 Å². The number of benzene rings is 10. The number of aromatic nitrogens is 5.